The Kier molecular flexibility index (Phi) is 7.59. The number of rotatable bonds is 8. The van der Waals surface area contributed by atoms with Gasteiger partial charge in [0.1, 0.15) is 24.7 Å². The molecule has 7 nitrogen and oxygen atoms in total. The molecule has 2 aromatic carbocycles. The average molecular weight is 509 g/mol. The fourth-order valence-electron chi connectivity index (χ4n) is 3.88. The van der Waals surface area contributed by atoms with Crippen LogP contribution in [0.25, 0.3) is 11.8 Å². The predicted molar refractivity (Wildman–Crippen MR) is 135 cm³/mol. The van der Waals surface area contributed by atoms with E-state index in [1.807, 2.05) is 48.7 Å². The normalized spacial score (nSPS) is 14.6. The zero-order valence-electron chi connectivity index (χ0n) is 20.1. The molecule has 2 amide bonds. The molecule has 2 heterocycles. The van der Waals surface area contributed by atoms with Crippen molar-refractivity contribution < 1.29 is 28.2 Å². The lowest BCUT2D eigenvalue weighted by Gasteiger charge is -2.12. The Labute approximate surface area is 212 Å². The second kappa shape index (κ2) is 10.8. The molecular formula is C27H25FN2O5S. The van der Waals surface area contributed by atoms with Gasteiger partial charge >= 0.3 is 5.97 Å². The lowest BCUT2D eigenvalue weighted by Crippen LogP contribution is -2.34. The van der Waals surface area contributed by atoms with E-state index in [1.54, 1.807) is 25.1 Å². The largest absolute Gasteiger partial charge is 0.489 e. The molecule has 0 N–H and O–H groups in total. The standard InChI is InChI=1S/C27H25FN2O5S/c1-4-34-25(31)15-29-26(32)24(36-27(29)33)14-20-13-17(2)30(18(20)3)22-9-11-23(12-10-22)35-16-19-5-7-21(28)8-6-19/h5-14H,4,15-16H2,1-3H3. The summed E-state index contributed by atoms with van der Waals surface area (Å²) < 4.78 is 25.8. The fraction of sp³-hybridized carbons (Fsp3) is 0.222. The Morgan fingerprint density at radius 3 is 2.42 bits per heavy atom. The first-order valence-electron chi connectivity index (χ1n) is 11.3. The van der Waals surface area contributed by atoms with Crippen LogP contribution in [0.3, 0.4) is 0 Å². The summed E-state index contributed by atoms with van der Waals surface area (Å²) in [6, 6.07) is 15.7. The molecule has 1 aliphatic heterocycles. The zero-order chi connectivity index (χ0) is 25.8. The van der Waals surface area contributed by atoms with Crippen molar-refractivity contribution in [3.63, 3.8) is 0 Å². The highest BCUT2D eigenvalue weighted by Crippen LogP contribution is 2.34. The summed E-state index contributed by atoms with van der Waals surface area (Å²) in [4.78, 5) is 37.9. The number of imide groups is 1. The van der Waals surface area contributed by atoms with E-state index in [0.29, 0.717) is 12.4 Å². The molecule has 0 aliphatic carbocycles. The number of hydrogen-bond acceptors (Lipinski definition) is 6. The molecule has 1 saturated heterocycles. The van der Waals surface area contributed by atoms with Gasteiger partial charge in [-0.1, -0.05) is 12.1 Å². The first-order valence-corrected chi connectivity index (χ1v) is 12.2. The quantitative estimate of drug-likeness (QED) is 0.299. The predicted octanol–water partition coefficient (Wildman–Crippen LogP) is 5.41. The van der Waals surface area contributed by atoms with Gasteiger partial charge in [-0.3, -0.25) is 19.3 Å². The number of hydrogen-bond donors (Lipinski definition) is 0. The van der Waals surface area contributed by atoms with Crippen LogP contribution in [0, 0.1) is 19.7 Å². The molecule has 1 aliphatic rings. The third-order valence-corrected chi connectivity index (χ3v) is 6.54. The molecule has 3 aromatic rings. The SMILES string of the molecule is CCOC(=O)CN1C(=O)SC(=Cc2cc(C)n(-c3ccc(OCc4ccc(F)cc4)cc3)c2C)C1=O. The molecule has 0 spiro atoms. The summed E-state index contributed by atoms with van der Waals surface area (Å²) in [7, 11) is 0. The van der Waals surface area contributed by atoms with Crippen molar-refractivity contribution in [2.75, 3.05) is 13.2 Å². The highest BCUT2D eigenvalue weighted by Gasteiger charge is 2.36. The molecule has 1 aromatic heterocycles. The number of amides is 2. The summed E-state index contributed by atoms with van der Waals surface area (Å²) in [5, 5.41) is -0.496. The Morgan fingerprint density at radius 1 is 1.06 bits per heavy atom. The molecular weight excluding hydrogens is 483 g/mol. The number of benzene rings is 2. The van der Waals surface area contributed by atoms with Crippen molar-refractivity contribution in [1.82, 2.24) is 9.47 Å². The van der Waals surface area contributed by atoms with E-state index in [-0.39, 0.29) is 17.3 Å². The maximum absolute atomic E-state index is 13.1. The number of carbonyl (C=O) groups is 3. The summed E-state index contributed by atoms with van der Waals surface area (Å²) >= 11 is 0.807. The smallest absolute Gasteiger partial charge is 0.326 e. The minimum absolute atomic E-state index is 0.179. The van der Waals surface area contributed by atoms with E-state index in [1.165, 1.54) is 12.1 Å². The lowest BCUT2D eigenvalue weighted by molar-refractivity contribution is -0.145. The second-order valence-electron chi connectivity index (χ2n) is 8.14. The third kappa shape index (κ3) is 5.52. The van der Waals surface area contributed by atoms with Gasteiger partial charge in [0.25, 0.3) is 11.1 Å². The Bertz CT molecular complexity index is 1330. The number of thioether (sulfide) groups is 1. The number of aryl methyl sites for hydroxylation is 1. The van der Waals surface area contributed by atoms with E-state index in [9.17, 15) is 18.8 Å². The van der Waals surface area contributed by atoms with Crippen molar-refractivity contribution in [3.05, 3.63) is 87.8 Å². The minimum Gasteiger partial charge on any atom is -0.489 e. The highest BCUT2D eigenvalue weighted by molar-refractivity contribution is 8.18. The van der Waals surface area contributed by atoms with Gasteiger partial charge in [-0.15, -0.1) is 0 Å². The summed E-state index contributed by atoms with van der Waals surface area (Å²) in [5.41, 5.74) is 4.42. The van der Waals surface area contributed by atoms with Gasteiger partial charge in [-0.05, 0) is 92.2 Å². The summed E-state index contributed by atoms with van der Waals surface area (Å²) in [6.07, 6.45) is 1.68. The highest BCUT2D eigenvalue weighted by atomic mass is 32.2. The van der Waals surface area contributed by atoms with Crippen molar-refractivity contribution >= 4 is 35.0 Å². The van der Waals surface area contributed by atoms with E-state index in [0.717, 1.165) is 44.9 Å². The van der Waals surface area contributed by atoms with Crippen molar-refractivity contribution in [1.29, 1.82) is 0 Å². The van der Waals surface area contributed by atoms with Crippen LogP contribution < -0.4 is 4.74 Å². The van der Waals surface area contributed by atoms with Crippen molar-refractivity contribution in [3.8, 4) is 11.4 Å². The molecule has 1 fully saturated rings. The number of esters is 1. The van der Waals surface area contributed by atoms with Crippen molar-refractivity contribution in [2.24, 2.45) is 0 Å². The van der Waals surface area contributed by atoms with Gasteiger partial charge in [0.15, 0.2) is 0 Å². The van der Waals surface area contributed by atoms with E-state index in [4.69, 9.17) is 9.47 Å². The van der Waals surface area contributed by atoms with Crippen LogP contribution in [0.5, 0.6) is 5.75 Å². The van der Waals surface area contributed by atoms with Crippen LogP contribution in [0.2, 0.25) is 0 Å². The van der Waals surface area contributed by atoms with Gasteiger partial charge in [-0.2, -0.15) is 0 Å². The Balaban J connectivity index is 1.49. The second-order valence-corrected chi connectivity index (χ2v) is 9.14. The molecule has 4 rings (SSSR count). The van der Waals surface area contributed by atoms with Crippen LogP contribution >= 0.6 is 11.8 Å². The monoisotopic (exact) mass is 508 g/mol. The van der Waals surface area contributed by atoms with E-state index >= 15 is 0 Å². The van der Waals surface area contributed by atoms with Crippen LogP contribution in [-0.2, 0) is 20.9 Å². The number of carbonyl (C=O) groups excluding carboxylic acids is 3. The molecule has 0 atom stereocenters. The lowest BCUT2D eigenvalue weighted by atomic mass is 10.2. The van der Waals surface area contributed by atoms with Crippen LogP contribution in [0.15, 0.2) is 59.5 Å². The Hall–Kier alpha value is -3.85. The maximum atomic E-state index is 13.1. The molecule has 186 valence electrons. The first-order chi connectivity index (χ1) is 17.3. The third-order valence-electron chi connectivity index (χ3n) is 5.64. The minimum atomic E-state index is -0.621. The summed E-state index contributed by atoms with van der Waals surface area (Å²) in [6.45, 7) is 5.66. The van der Waals surface area contributed by atoms with Crippen LogP contribution in [0.1, 0.15) is 29.4 Å². The molecule has 0 saturated carbocycles. The first kappa shape index (κ1) is 25.2. The van der Waals surface area contributed by atoms with Crippen LogP contribution in [-0.4, -0.2) is 39.7 Å². The van der Waals surface area contributed by atoms with Crippen LogP contribution in [0.4, 0.5) is 9.18 Å². The number of halogens is 1. The van der Waals surface area contributed by atoms with E-state index < -0.39 is 23.7 Å². The molecule has 9 heteroatoms. The molecule has 0 radical (unpaired) electrons. The molecule has 0 bridgehead atoms. The average Bonchev–Trinajstić information content (AvgIpc) is 3.28. The summed E-state index contributed by atoms with van der Waals surface area (Å²) in [5.74, 6) is -0.733. The number of aromatic nitrogens is 1. The molecule has 0 unspecified atom stereocenters. The zero-order valence-corrected chi connectivity index (χ0v) is 20.9. The number of ether oxygens (including phenoxy) is 2. The van der Waals surface area contributed by atoms with Gasteiger partial charge in [0.05, 0.1) is 11.5 Å². The van der Waals surface area contributed by atoms with E-state index in [2.05, 4.69) is 0 Å². The fourth-order valence-corrected chi connectivity index (χ4v) is 4.71. The van der Waals surface area contributed by atoms with Gasteiger partial charge < -0.3 is 14.0 Å². The van der Waals surface area contributed by atoms with Crippen molar-refractivity contribution in [2.45, 2.75) is 27.4 Å². The van der Waals surface area contributed by atoms with Gasteiger partial charge in [0, 0.05) is 17.1 Å². The maximum Gasteiger partial charge on any atom is 0.326 e. The molecule has 36 heavy (non-hydrogen) atoms. The Morgan fingerprint density at radius 2 is 1.75 bits per heavy atom. The topological polar surface area (TPSA) is 77.8 Å². The van der Waals surface area contributed by atoms with Gasteiger partial charge in [0.2, 0.25) is 0 Å². The number of nitrogens with zero attached hydrogens (tertiary/aromatic N) is 2. The van der Waals surface area contributed by atoms with Gasteiger partial charge in [-0.25, -0.2) is 4.39 Å².